The Morgan fingerprint density at radius 2 is 2.26 bits per heavy atom. The van der Waals surface area contributed by atoms with E-state index in [1.165, 1.54) is 13.2 Å². The van der Waals surface area contributed by atoms with Crippen LogP contribution in [0.15, 0.2) is 18.2 Å². The Morgan fingerprint density at radius 3 is 2.78 bits per heavy atom. The largest absolute Gasteiger partial charge is 0.490 e. The van der Waals surface area contributed by atoms with E-state index in [-0.39, 0.29) is 17.3 Å². The number of nitro benzene ring substituents is 1. The van der Waals surface area contributed by atoms with Gasteiger partial charge in [-0.3, -0.25) is 14.9 Å². The number of benzene rings is 1. The second kappa shape index (κ2) is 6.95. The minimum atomic E-state index is -0.493. The average molecular weight is 321 g/mol. The first kappa shape index (κ1) is 17.2. The maximum absolute atomic E-state index is 12.7. The van der Waals surface area contributed by atoms with E-state index in [1.54, 1.807) is 24.1 Å². The summed E-state index contributed by atoms with van der Waals surface area (Å²) in [6.07, 6.45) is 2.55. The summed E-state index contributed by atoms with van der Waals surface area (Å²) in [6, 6.07) is 4.77. The molecule has 1 fully saturated rings. The number of nitrogens with zero attached hydrogens (tertiary/aromatic N) is 2. The number of methoxy groups -OCH3 is 1. The monoisotopic (exact) mass is 321 g/mol. The molecule has 1 atom stereocenters. The van der Waals surface area contributed by atoms with Crippen molar-refractivity contribution >= 4 is 11.6 Å². The van der Waals surface area contributed by atoms with E-state index in [2.05, 4.69) is 5.32 Å². The first-order chi connectivity index (χ1) is 10.9. The van der Waals surface area contributed by atoms with E-state index >= 15 is 0 Å². The molecule has 7 nitrogen and oxygen atoms in total. The molecule has 1 aromatic carbocycles. The van der Waals surface area contributed by atoms with Gasteiger partial charge >= 0.3 is 5.69 Å². The topological polar surface area (TPSA) is 84.7 Å². The number of nitrogens with one attached hydrogen (secondary N) is 1. The van der Waals surface area contributed by atoms with E-state index in [1.807, 2.05) is 6.92 Å². The molecular formula is C16H23N3O4. The van der Waals surface area contributed by atoms with Crippen molar-refractivity contribution < 1.29 is 14.5 Å². The Kier molecular flexibility index (Phi) is 5.20. The molecule has 1 aromatic rings. The highest BCUT2D eigenvalue weighted by Crippen LogP contribution is 2.29. The van der Waals surface area contributed by atoms with Crippen LogP contribution in [0.2, 0.25) is 0 Å². The molecule has 0 bridgehead atoms. The SMILES string of the molecule is CCC1(C(=O)N(C)Cc2ccc(OC)c([N+](=O)[O-])c2)CCCN1. The van der Waals surface area contributed by atoms with Crippen molar-refractivity contribution in [2.75, 3.05) is 20.7 Å². The molecule has 1 saturated heterocycles. The summed E-state index contributed by atoms with van der Waals surface area (Å²) in [7, 11) is 3.13. The van der Waals surface area contributed by atoms with Gasteiger partial charge in [0.2, 0.25) is 5.91 Å². The third kappa shape index (κ3) is 3.44. The van der Waals surface area contributed by atoms with Crippen LogP contribution in [-0.4, -0.2) is 42.0 Å². The normalized spacial score (nSPS) is 20.3. The molecule has 0 aromatic heterocycles. The Morgan fingerprint density at radius 1 is 1.52 bits per heavy atom. The number of carbonyl (C=O) groups is 1. The van der Waals surface area contributed by atoms with Crippen LogP contribution in [0.1, 0.15) is 31.7 Å². The molecule has 2 rings (SSSR count). The molecule has 0 aliphatic carbocycles. The van der Waals surface area contributed by atoms with Crippen molar-refractivity contribution in [1.82, 2.24) is 10.2 Å². The maximum atomic E-state index is 12.7. The van der Waals surface area contributed by atoms with Gasteiger partial charge in [-0.15, -0.1) is 0 Å². The van der Waals surface area contributed by atoms with Crippen molar-refractivity contribution in [2.45, 2.75) is 38.3 Å². The van der Waals surface area contributed by atoms with Gasteiger partial charge < -0.3 is 15.0 Å². The van der Waals surface area contributed by atoms with Gasteiger partial charge in [0.15, 0.2) is 5.75 Å². The van der Waals surface area contributed by atoms with Gasteiger partial charge in [-0.2, -0.15) is 0 Å². The smallest absolute Gasteiger partial charge is 0.311 e. The molecule has 7 heteroatoms. The summed E-state index contributed by atoms with van der Waals surface area (Å²) in [5.41, 5.74) is 0.125. The van der Waals surface area contributed by atoms with Gasteiger partial charge in [0, 0.05) is 19.7 Å². The minimum Gasteiger partial charge on any atom is -0.490 e. The minimum absolute atomic E-state index is 0.0379. The second-order valence-electron chi connectivity index (χ2n) is 5.89. The van der Waals surface area contributed by atoms with Crippen LogP contribution in [0.4, 0.5) is 5.69 Å². The summed E-state index contributed by atoms with van der Waals surface area (Å²) in [5.74, 6) is 0.256. The van der Waals surface area contributed by atoms with E-state index in [4.69, 9.17) is 4.74 Å². The molecule has 1 heterocycles. The van der Waals surface area contributed by atoms with Crippen LogP contribution in [-0.2, 0) is 11.3 Å². The van der Waals surface area contributed by atoms with Crippen LogP contribution >= 0.6 is 0 Å². The Labute approximate surface area is 135 Å². The number of ether oxygens (including phenoxy) is 1. The lowest BCUT2D eigenvalue weighted by Gasteiger charge is -2.31. The predicted molar refractivity (Wildman–Crippen MR) is 86.4 cm³/mol. The Bertz CT molecular complexity index is 597. The predicted octanol–water partition coefficient (Wildman–Crippen LogP) is 2.09. The Hall–Kier alpha value is -2.15. The molecule has 0 saturated carbocycles. The molecule has 1 amide bonds. The fourth-order valence-electron chi connectivity index (χ4n) is 3.13. The van der Waals surface area contributed by atoms with Gasteiger partial charge in [-0.05, 0) is 37.4 Å². The zero-order valence-electron chi connectivity index (χ0n) is 13.8. The van der Waals surface area contributed by atoms with Crippen molar-refractivity contribution in [1.29, 1.82) is 0 Å². The van der Waals surface area contributed by atoms with Crippen molar-refractivity contribution in [3.8, 4) is 5.75 Å². The van der Waals surface area contributed by atoms with E-state index in [0.717, 1.165) is 25.8 Å². The van der Waals surface area contributed by atoms with Crippen LogP contribution in [0.5, 0.6) is 5.75 Å². The van der Waals surface area contributed by atoms with Gasteiger partial charge in [-0.25, -0.2) is 0 Å². The van der Waals surface area contributed by atoms with Gasteiger partial charge in [0.25, 0.3) is 0 Å². The lowest BCUT2D eigenvalue weighted by molar-refractivity contribution is -0.385. The second-order valence-corrected chi connectivity index (χ2v) is 5.89. The number of hydrogen-bond acceptors (Lipinski definition) is 5. The standard InChI is InChI=1S/C16H23N3O4/c1-4-16(8-5-9-17-16)15(20)18(2)11-12-6-7-14(23-3)13(10-12)19(21)22/h6-7,10,17H,4-5,8-9,11H2,1-3H3. The van der Waals surface area contributed by atoms with E-state index in [9.17, 15) is 14.9 Å². The average Bonchev–Trinajstić information content (AvgIpc) is 3.04. The maximum Gasteiger partial charge on any atom is 0.311 e. The number of amides is 1. The summed E-state index contributed by atoms with van der Waals surface area (Å²) in [6.45, 7) is 3.18. The zero-order chi connectivity index (χ0) is 17.0. The highest BCUT2D eigenvalue weighted by molar-refractivity contribution is 5.86. The first-order valence-corrected chi connectivity index (χ1v) is 7.75. The number of likely N-dealkylation sites (N-methyl/N-ethyl adjacent to an activating group) is 1. The summed E-state index contributed by atoms with van der Waals surface area (Å²) in [4.78, 5) is 25.0. The number of rotatable bonds is 6. The summed E-state index contributed by atoms with van der Waals surface area (Å²) in [5, 5.41) is 14.4. The van der Waals surface area contributed by atoms with Gasteiger partial charge in [0.1, 0.15) is 0 Å². The highest BCUT2D eigenvalue weighted by atomic mass is 16.6. The number of hydrogen-bond donors (Lipinski definition) is 1. The van der Waals surface area contributed by atoms with Crippen LogP contribution in [0.3, 0.4) is 0 Å². The highest BCUT2D eigenvalue weighted by Gasteiger charge is 2.40. The molecule has 1 aliphatic rings. The van der Waals surface area contributed by atoms with Crippen molar-refractivity contribution in [3.05, 3.63) is 33.9 Å². The lowest BCUT2D eigenvalue weighted by Crippen LogP contribution is -2.53. The van der Waals surface area contributed by atoms with Gasteiger partial charge in [0.05, 0.1) is 17.6 Å². The molecule has 0 spiro atoms. The van der Waals surface area contributed by atoms with Crippen molar-refractivity contribution in [2.24, 2.45) is 0 Å². The number of carbonyl (C=O) groups excluding carboxylic acids is 1. The quantitative estimate of drug-likeness (QED) is 0.640. The Balaban J connectivity index is 2.16. The van der Waals surface area contributed by atoms with Crippen LogP contribution in [0, 0.1) is 10.1 Å². The molecule has 1 unspecified atom stereocenters. The lowest BCUT2D eigenvalue weighted by atomic mass is 9.92. The zero-order valence-corrected chi connectivity index (χ0v) is 13.8. The van der Waals surface area contributed by atoms with Crippen molar-refractivity contribution in [3.63, 3.8) is 0 Å². The van der Waals surface area contributed by atoms with Crippen LogP contribution in [0.25, 0.3) is 0 Å². The fraction of sp³-hybridized carbons (Fsp3) is 0.562. The molecule has 0 radical (unpaired) electrons. The van der Waals surface area contributed by atoms with E-state index < -0.39 is 10.5 Å². The number of nitro groups is 1. The van der Waals surface area contributed by atoms with Gasteiger partial charge in [-0.1, -0.05) is 13.0 Å². The molecule has 1 N–H and O–H groups in total. The van der Waals surface area contributed by atoms with E-state index in [0.29, 0.717) is 12.1 Å². The molecule has 126 valence electrons. The molecular weight excluding hydrogens is 298 g/mol. The fourth-order valence-corrected chi connectivity index (χ4v) is 3.13. The molecule has 23 heavy (non-hydrogen) atoms. The third-order valence-electron chi connectivity index (χ3n) is 4.46. The molecule has 1 aliphatic heterocycles. The third-order valence-corrected chi connectivity index (χ3v) is 4.46. The summed E-state index contributed by atoms with van der Waals surface area (Å²) >= 11 is 0. The first-order valence-electron chi connectivity index (χ1n) is 7.75. The summed E-state index contributed by atoms with van der Waals surface area (Å²) < 4.78 is 5.00. The van der Waals surface area contributed by atoms with Crippen LogP contribution < -0.4 is 10.1 Å².